The summed E-state index contributed by atoms with van der Waals surface area (Å²) in [6.45, 7) is 5.83. The highest BCUT2D eigenvalue weighted by atomic mass is 16.5. The lowest BCUT2D eigenvalue weighted by molar-refractivity contribution is 0.0725. The summed E-state index contributed by atoms with van der Waals surface area (Å²) in [5.74, 6) is 2.57. The van der Waals surface area contributed by atoms with Crippen LogP contribution in [0.3, 0.4) is 0 Å². The van der Waals surface area contributed by atoms with E-state index in [4.69, 9.17) is 18.9 Å². The topological polar surface area (TPSA) is 113 Å². The summed E-state index contributed by atoms with van der Waals surface area (Å²) in [7, 11) is 0. The molecule has 0 aliphatic heterocycles. The van der Waals surface area contributed by atoms with Crippen molar-refractivity contribution in [2.24, 2.45) is 0 Å². The third-order valence-electron chi connectivity index (χ3n) is 9.88. The molecule has 0 bridgehead atoms. The molecular formula is C48H59N3O6. The Morgan fingerprint density at radius 2 is 0.737 bits per heavy atom. The number of carbonyl (C=O) groups is 2. The van der Waals surface area contributed by atoms with Gasteiger partial charge in [0.25, 0.3) is 0 Å². The third-order valence-corrected chi connectivity index (χ3v) is 9.88. The summed E-state index contributed by atoms with van der Waals surface area (Å²) in [4.78, 5) is 28.8. The van der Waals surface area contributed by atoms with Crippen LogP contribution < -0.4 is 18.9 Å². The van der Waals surface area contributed by atoms with Gasteiger partial charge in [-0.3, -0.25) is 0 Å². The molecule has 0 saturated carbocycles. The van der Waals surface area contributed by atoms with Gasteiger partial charge in [-0.25, -0.2) is 9.59 Å². The standard InChI is InChI=1S/C48H59N3O6/c1-3-5-7-9-11-13-15-17-35-54-41-27-23-39(24-28-41)47(52)56-43-31-19-37(20-32-43)45-49-46(51-50-45)38-21-33-44(34-22-38)57-48(53)40-25-29-42(30-26-40)55-36-18-16-14-12-10-8-6-4-2/h19-34H,3-18,35-36H2,1-2H3,(H,49,50,51). The van der Waals surface area contributed by atoms with E-state index in [1.54, 1.807) is 72.8 Å². The lowest BCUT2D eigenvalue weighted by Crippen LogP contribution is -2.08. The van der Waals surface area contributed by atoms with E-state index in [-0.39, 0.29) is 0 Å². The van der Waals surface area contributed by atoms with Crippen molar-refractivity contribution in [3.8, 4) is 45.8 Å². The molecule has 1 N–H and O–H groups in total. The Hall–Kier alpha value is -5.44. The van der Waals surface area contributed by atoms with Crippen molar-refractivity contribution in [2.75, 3.05) is 13.2 Å². The summed E-state index contributed by atoms with van der Waals surface area (Å²) in [6.07, 6.45) is 20.1. The smallest absolute Gasteiger partial charge is 0.343 e. The van der Waals surface area contributed by atoms with Gasteiger partial charge in [-0.15, -0.1) is 10.2 Å². The summed E-state index contributed by atoms with van der Waals surface area (Å²) in [5.41, 5.74) is 2.45. The fraction of sp³-hybridized carbons (Fsp3) is 0.417. The van der Waals surface area contributed by atoms with Gasteiger partial charge in [-0.2, -0.15) is 0 Å². The lowest BCUT2D eigenvalue weighted by Gasteiger charge is -2.08. The van der Waals surface area contributed by atoms with Crippen molar-refractivity contribution in [1.82, 2.24) is 15.2 Å². The second-order valence-electron chi connectivity index (χ2n) is 14.5. The summed E-state index contributed by atoms with van der Waals surface area (Å²) < 4.78 is 22.9. The van der Waals surface area contributed by atoms with Crippen LogP contribution in [0, 0.1) is 0 Å². The van der Waals surface area contributed by atoms with Crippen LogP contribution in [0.4, 0.5) is 0 Å². The Morgan fingerprint density at radius 1 is 0.421 bits per heavy atom. The van der Waals surface area contributed by atoms with Crippen LogP contribution >= 0.6 is 0 Å². The Bertz CT molecular complexity index is 1750. The number of aromatic amines is 1. The highest BCUT2D eigenvalue weighted by molar-refractivity contribution is 5.91. The molecule has 1 aromatic heterocycles. The molecule has 4 aromatic carbocycles. The Morgan fingerprint density at radius 3 is 1.09 bits per heavy atom. The van der Waals surface area contributed by atoms with E-state index in [1.807, 2.05) is 24.3 Å². The molecule has 9 nitrogen and oxygen atoms in total. The molecule has 0 aliphatic carbocycles. The maximum atomic E-state index is 12.8. The zero-order valence-corrected chi connectivity index (χ0v) is 33.8. The van der Waals surface area contributed by atoms with E-state index in [2.05, 4.69) is 29.0 Å². The molecule has 1 heterocycles. The first-order chi connectivity index (χ1) is 28.0. The first-order valence-electron chi connectivity index (χ1n) is 21.1. The molecule has 0 aliphatic rings. The maximum Gasteiger partial charge on any atom is 0.343 e. The molecule has 5 rings (SSSR count). The van der Waals surface area contributed by atoms with Crippen molar-refractivity contribution in [1.29, 1.82) is 0 Å². The fourth-order valence-corrected chi connectivity index (χ4v) is 6.44. The summed E-state index contributed by atoms with van der Waals surface area (Å²) in [6, 6.07) is 28.2. The van der Waals surface area contributed by atoms with Gasteiger partial charge < -0.3 is 23.9 Å². The number of nitrogens with zero attached hydrogens (tertiary/aromatic N) is 2. The third kappa shape index (κ3) is 14.9. The number of benzene rings is 4. The molecule has 0 amide bonds. The minimum Gasteiger partial charge on any atom is -0.494 e. The zero-order chi connectivity index (χ0) is 39.9. The van der Waals surface area contributed by atoms with E-state index in [0.29, 0.717) is 47.5 Å². The quantitative estimate of drug-likeness (QED) is 0.0336. The van der Waals surface area contributed by atoms with Gasteiger partial charge in [0.1, 0.15) is 23.0 Å². The van der Waals surface area contributed by atoms with Crippen LogP contribution in [0.5, 0.6) is 23.0 Å². The van der Waals surface area contributed by atoms with E-state index < -0.39 is 11.9 Å². The number of ether oxygens (including phenoxy) is 4. The van der Waals surface area contributed by atoms with Crippen LogP contribution in [-0.4, -0.2) is 40.3 Å². The number of hydrogen-bond donors (Lipinski definition) is 1. The molecule has 0 atom stereocenters. The number of carbonyl (C=O) groups excluding carboxylic acids is 2. The molecule has 0 unspecified atom stereocenters. The highest BCUT2D eigenvalue weighted by Gasteiger charge is 2.13. The fourth-order valence-electron chi connectivity index (χ4n) is 6.44. The lowest BCUT2D eigenvalue weighted by atomic mass is 10.1. The number of H-pyrrole nitrogens is 1. The van der Waals surface area contributed by atoms with Gasteiger partial charge in [0.15, 0.2) is 11.6 Å². The maximum absolute atomic E-state index is 12.8. The number of hydrogen-bond acceptors (Lipinski definition) is 8. The molecule has 57 heavy (non-hydrogen) atoms. The molecule has 0 spiro atoms. The monoisotopic (exact) mass is 773 g/mol. The van der Waals surface area contributed by atoms with Gasteiger partial charge in [0, 0.05) is 11.1 Å². The summed E-state index contributed by atoms with van der Waals surface area (Å²) in [5, 5.41) is 8.60. The van der Waals surface area contributed by atoms with Gasteiger partial charge in [0.05, 0.1) is 24.3 Å². The predicted molar refractivity (Wildman–Crippen MR) is 226 cm³/mol. The van der Waals surface area contributed by atoms with Gasteiger partial charge in [0.2, 0.25) is 0 Å². The predicted octanol–water partition coefficient (Wildman–Crippen LogP) is 12.6. The van der Waals surface area contributed by atoms with Gasteiger partial charge >= 0.3 is 11.9 Å². The number of rotatable bonds is 26. The van der Waals surface area contributed by atoms with Crippen LogP contribution in [0.15, 0.2) is 97.1 Å². The molecular weight excluding hydrogens is 715 g/mol. The normalized spacial score (nSPS) is 11.0. The van der Waals surface area contributed by atoms with Crippen LogP contribution in [0.2, 0.25) is 0 Å². The van der Waals surface area contributed by atoms with Gasteiger partial charge in [-0.05, 0) is 110 Å². The summed E-state index contributed by atoms with van der Waals surface area (Å²) >= 11 is 0. The van der Waals surface area contributed by atoms with E-state index >= 15 is 0 Å². The average Bonchev–Trinajstić information content (AvgIpc) is 3.74. The molecule has 302 valence electrons. The van der Waals surface area contributed by atoms with Crippen molar-refractivity contribution in [3.63, 3.8) is 0 Å². The Kier molecular flexibility index (Phi) is 18.2. The van der Waals surface area contributed by atoms with E-state index in [0.717, 1.165) is 35.5 Å². The molecule has 9 heteroatoms. The zero-order valence-electron chi connectivity index (χ0n) is 33.8. The highest BCUT2D eigenvalue weighted by Crippen LogP contribution is 2.25. The van der Waals surface area contributed by atoms with Gasteiger partial charge in [-0.1, -0.05) is 104 Å². The molecule has 0 radical (unpaired) electrons. The van der Waals surface area contributed by atoms with Crippen molar-refractivity contribution in [3.05, 3.63) is 108 Å². The van der Waals surface area contributed by atoms with Crippen LogP contribution in [0.1, 0.15) is 137 Å². The SMILES string of the molecule is CCCCCCCCCCOc1ccc(C(=O)Oc2ccc(-c3nnc(-c4ccc(OC(=O)c5ccc(OCCCCCCCCCC)cc5)cc4)[nH]3)cc2)cc1. The number of unbranched alkanes of at least 4 members (excludes halogenated alkanes) is 14. The first-order valence-corrected chi connectivity index (χ1v) is 21.1. The minimum absolute atomic E-state index is 0.419. The number of esters is 2. The van der Waals surface area contributed by atoms with Crippen molar-refractivity contribution in [2.45, 2.75) is 117 Å². The van der Waals surface area contributed by atoms with Crippen molar-refractivity contribution < 1.29 is 28.5 Å². The second-order valence-corrected chi connectivity index (χ2v) is 14.5. The average molecular weight is 774 g/mol. The number of aromatic nitrogens is 3. The number of nitrogens with one attached hydrogen (secondary N) is 1. The Balaban J connectivity index is 1.01. The van der Waals surface area contributed by atoms with Crippen LogP contribution in [-0.2, 0) is 0 Å². The minimum atomic E-state index is -0.444. The first kappa shape index (κ1) is 42.7. The molecule has 5 aromatic rings. The van der Waals surface area contributed by atoms with Crippen LogP contribution in [0.25, 0.3) is 22.8 Å². The molecule has 0 saturated heterocycles. The molecule has 0 fully saturated rings. The largest absolute Gasteiger partial charge is 0.494 e. The van der Waals surface area contributed by atoms with Crippen molar-refractivity contribution >= 4 is 11.9 Å². The Labute approximate surface area is 338 Å². The van der Waals surface area contributed by atoms with E-state index in [1.165, 1.54) is 89.9 Å². The van der Waals surface area contributed by atoms with E-state index in [9.17, 15) is 9.59 Å². The second kappa shape index (κ2) is 24.3.